The summed E-state index contributed by atoms with van der Waals surface area (Å²) in [5.74, 6) is 0.245. The van der Waals surface area contributed by atoms with Crippen LogP contribution in [-0.4, -0.2) is 50.6 Å². The fourth-order valence-electron chi connectivity index (χ4n) is 4.39. The van der Waals surface area contributed by atoms with E-state index in [4.69, 9.17) is 0 Å². The van der Waals surface area contributed by atoms with Gasteiger partial charge in [0.1, 0.15) is 11.9 Å². The van der Waals surface area contributed by atoms with Crippen molar-refractivity contribution in [3.05, 3.63) is 66.4 Å². The van der Waals surface area contributed by atoms with Gasteiger partial charge in [-0.3, -0.25) is 14.3 Å². The molecule has 0 spiro atoms. The van der Waals surface area contributed by atoms with Crippen LogP contribution in [0.3, 0.4) is 0 Å². The summed E-state index contributed by atoms with van der Waals surface area (Å²) in [5, 5.41) is 6.04. The molecule has 4 rings (SSSR count). The minimum Gasteiger partial charge on any atom is -0.355 e. The van der Waals surface area contributed by atoms with Crippen molar-refractivity contribution in [2.75, 3.05) is 38.5 Å². The molecule has 11 heteroatoms. The van der Waals surface area contributed by atoms with Crippen molar-refractivity contribution in [1.29, 1.82) is 0 Å². The maximum atomic E-state index is 12.9. The van der Waals surface area contributed by atoms with Gasteiger partial charge in [0.25, 0.3) is 5.91 Å². The van der Waals surface area contributed by atoms with Gasteiger partial charge in [0.05, 0.1) is 29.5 Å². The normalized spacial score (nSPS) is 15.4. The Bertz CT molecular complexity index is 1460. The average molecular weight is 523 g/mol. The predicted molar refractivity (Wildman–Crippen MR) is 147 cm³/mol. The van der Waals surface area contributed by atoms with Gasteiger partial charge in [-0.25, -0.2) is 13.4 Å². The monoisotopic (exact) mass is 522 g/mol. The van der Waals surface area contributed by atoms with Crippen molar-refractivity contribution >= 4 is 56.1 Å². The number of amides is 2. The van der Waals surface area contributed by atoms with Crippen molar-refractivity contribution in [3.63, 3.8) is 0 Å². The van der Waals surface area contributed by atoms with Crippen LogP contribution in [0.25, 0.3) is 0 Å². The summed E-state index contributed by atoms with van der Waals surface area (Å²) in [6.07, 6.45) is 2.73. The van der Waals surface area contributed by atoms with E-state index >= 15 is 0 Å². The van der Waals surface area contributed by atoms with Crippen LogP contribution in [0.2, 0.25) is 0 Å². The summed E-state index contributed by atoms with van der Waals surface area (Å²) in [5.41, 5.74) is 3.52. The highest BCUT2D eigenvalue weighted by atomic mass is 32.2. The molecule has 2 aromatic carbocycles. The molecule has 1 atom stereocenters. The van der Waals surface area contributed by atoms with Gasteiger partial charge < -0.3 is 20.4 Å². The maximum Gasteiger partial charge on any atom is 0.255 e. The van der Waals surface area contributed by atoms with Gasteiger partial charge in [-0.1, -0.05) is 12.1 Å². The van der Waals surface area contributed by atoms with E-state index in [1.807, 2.05) is 32.9 Å². The molecule has 2 heterocycles. The lowest BCUT2D eigenvalue weighted by Gasteiger charge is -2.42. The summed E-state index contributed by atoms with van der Waals surface area (Å²) in [6.45, 7) is 5.98. The van der Waals surface area contributed by atoms with Crippen LogP contribution >= 0.6 is 0 Å². The standard InChI is InChI=1S/C26H30N6O4S/c1-16(2)32-17(3)26(34)31(4)23-15-27-24(14-22(23)32)28-19-9-6-8-18(12-19)25(33)29-20-10-7-11-21(13-20)30-37(5,35)36/h6-17,30H,1-5H3,(H,27,28)(H,29,33). The number of pyridine rings is 1. The third-order valence-corrected chi connectivity index (χ3v) is 6.59. The molecule has 0 saturated heterocycles. The lowest BCUT2D eigenvalue weighted by atomic mass is 10.1. The molecular formula is C26H30N6O4S. The molecule has 0 fully saturated rings. The number of nitrogens with zero attached hydrogens (tertiary/aromatic N) is 3. The van der Waals surface area contributed by atoms with Crippen LogP contribution in [0.15, 0.2) is 60.8 Å². The highest BCUT2D eigenvalue weighted by Gasteiger charge is 2.35. The lowest BCUT2D eigenvalue weighted by molar-refractivity contribution is -0.119. The van der Waals surface area contributed by atoms with Gasteiger partial charge in [-0.05, 0) is 57.2 Å². The third-order valence-electron chi connectivity index (χ3n) is 5.98. The number of hydrogen-bond acceptors (Lipinski definition) is 7. The van der Waals surface area contributed by atoms with Gasteiger partial charge >= 0.3 is 0 Å². The fourth-order valence-corrected chi connectivity index (χ4v) is 4.94. The Morgan fingerprint density at radius 2 is 1.68 bits per heavy atom. The molecule has 0 saturated carbocycles. The minimum atomic E-state index is -3.43. The van der Waals surface area contributed by atoms with E-state index in [0.29, 0.717) is 28.4 Å². The van der Waals surface area contributed by atoms with Gasteiger partial charge in [0.2, 0.25) is 15.9 Å². The van der Waals surface area contributed by atoms with E-state index in [2.05, 4.69) is 25.2 Å². The second kappa shape index (κ2) is 10.1. The van der Waals surface area contributed by atoms with Crippen molar-refractivity contribution in [2.24, 2.45) is 0 Å². The first-order valence-electron chi connectivity index (χ1n) is 11.7. The lowest BCUT2D eigenvalue weighted by Crippen LogP contribution is -2.53. The number of carbonyl (C=O) groups is 2. The van der Waals surface area contributed by atoms with Gasteiger partial charge in [0, 0.05) is 36.1 Å². The zero-order valence-electron chi connectivity index (χ0n) is 21.3. The van der Waals surface area contributed by atoms with Crippen molar-refractivity contribution in [1.82, 2.24) is 4.98 Å². The molecule has 3 N–H and O–H groups in total. The highest BCUT2D eigenvalue weighted by Crippen LogP contribution is 2.38. The number of hydrogen-bond donors (Lipinski definition) is 3. The van der Waals surface area contributed by atoms with Crippen molar-refractivity contribution < 1.29 is 18.0 Å². The van der Waals surface area contributed by atoms with E-state index in [0.717, 1.165) is 17.6 Å². The zero-order valence-corrected chi connectivity index (χ0v) is 22.1. The van der Waals surface area contributed by atoms with E-state index in [1.54, 1.807) is 60.6 Å². The number of benzene rings is 2. The quantitative estimate of drug-likeness (QED) is 0.428. The third kappa shape index (κ3) is 5.83. The van der Waals surface area contributed by atoms with E-state index < -0.39 is 10.0 Å². The Kier molecular flexibility index (Phi) is 7.08. The fraction of sp³-hybridized carbons (Fsp3) is 0.269. The Morgan fingerprint density at radius 3 is 2.38 bits per heavy atom. The zero-order chi connectivity index (χ0) is 26.9. The largest absolute Gasteiger partial charge is 0.355 e. The number of nitrogens with one attached hydrogen (secondary N) is 3. The molecule has 0 radical (unpaired) electrons. The number of likely N-dealkylation sites (N-methyl/N-ethyl adjacent to an activating group) is 1. The Morgan fingerprint density at radius 1 is 1.00 bits per heavy atom. The molecule has 10 nitrogen and oxygen atoms in total. The van der Waals surface area contributed by atoms with E-state index in [-0.39, 0.29) is 23.9 Å². The summed E-state index contributed by atoms with van der Waals surface area (Å²) >= 11 is 0. The Hall–Kier alpha value is -4.12. The molecule has 1 unspecified atom stereocenters. The molecule has 37 heavy (non-hydrogen) atoms. The molecular weight excluding hydrogens is 492 g/mol. The average Bonchev–Trinajstić information content (AvgIpc) is 2.82. The van der Waals surface area contributed by atoms with Crippen LogP contribution in [-0.2, 0) is 14.8 Å². The maximum absolute atomic E-state index is 12.9. The summed E-state index contributed by atoms with van der Waals surface area (Å²) < 4.78 is 25.4. The number of fused-ring (bicyclic) bond motifs is 1. The first-order valence-corrected chi connectivity index (χ1v) is 13.6. The van der Waals surface area contributed by atoms with Crippen molar-refractivity contribution in [3.8, 4) is 0 Å². The molecule has 2 amide bonds. The van der Waals surface area contributed by atoms with Crippen molar-refractivity contribution in [2.45, 2.75) is 32.9 Å². The van der Waals surface area contributed by atoms with Crippen LogP contribution in [0.5, 0.6) is 0 Å². The van der Waals surface area contributed by atoms with Gasteiger partial charge in [0.15, 0.2) is 0 Å². The first-order chi connectivity index (χ1) is 17.4. The molecule has 3 aromatic rings. The Balaban J connectivity index is 1.54. The van der Waals surface area contributed by atoms with Gasteiger partial charge in [-0.2, -0.15) is 0 Å². The molecule has 0 bridgehead atoms. The van der Waals surface area contributed by atoms with Crippen LogP contribution < -0.4 is 25.2 Å². The number of sulfonamides is 1. The molecule has 0 aliphatic carbocycles. The SMILES string of the molecule is CC(C)N1c2cc(Nc3cccc(C(=O)Nc4cccc(NS(C)(=O)=O)c4)c3)ncc2N(C)C(=O)C1C. The Labute approximate surface area is 216 Å². The molecule has 1 aliphatic heterocycles. The molecule has 194 valence electrons. The molecule has 1 aliphatic rings. The number of aromatic nitrogens is 1. The molecule has 1 aromatic heterocycles. The topological polar surface area (TPSA) is 124 Å². The minimum absolute atomic E-state index is 0.0139. The number of rotatable bonds is 7. The number of carbonyl (C=O) groups excluding carboxylic acids is 2. The summed E-state index contributed by atoms with van der Waals surface area (Å²) in [6, 6.07) is 15.1. The summed E-state index contributed by atoms with van der Waals surface area (Å²) in [4.78, 5) is 33.7. The second-order valence-corrected chi connectivity index (χ2v) is 11.0. The van der Waals surface area contributed by atoms with Crippen LogP contribution in [0.1, 0.15) is 31.1 Å². The second-order valence-electron chi connectivity index (χ2n) is 9.25. The predicted octanol–water partition coefficient (Wildman–Crippen LogP) is 4.03. The van der Waals surface area contributed by atoms with E-state index in [9.17, 15) is 18.0 Å². The van der Waals surface area contributed by atoms with Crippen LogP contribution in [0, 0.1) is 0 Å². The first kappa shape index (κ1) is 26.0. The summed E-state index contributed by atoms with van der Waals surface area (Å²) in [7, 11) is -1.68. The highest BCUT2D eigenvalue weighted by molar-refractivity contribution is 7.92. The smallest absolute Gasteiger partial charge is 0.255 e. The van der Waals surface area contributed by atoms with Crippen LogP contribution in [0.4, 0.5) is 34.3 Å². The van der Waals surface area contributed by atoms with E-state index in [1.165, 1.54) is 0 Å². The van der Waals surface area contributed by atoms with Gasteiger partial charge in [-0.15, -0.1) is 0 Å². The number of anilines is 6.